The lowest BCUT2D eigenvalue weighted by molar-refractivity contribution is 0.241. The Kier molecular flexibility index (Phi) is 3.35. The van der Waals surface area contributed by atoms with Crippen molar-refractivity contribution in [3.8, 4) is 12.3 Å². The standard InChI is InChI=1S/C11H20N2/c1-4-7-13(8-10-5-6-10)9-11(2,3)12/h1,10H,5-9,12H2,2-3H3. The van der Waals surface area contributed by atoms with E-state index in [1.807, 2.05) is 13.8 Å². The second kappa shape index (κ2) is 4.13. The Morgan fingerprint density at radius 1 is 1.54 bits per heavy atom. The van der Waals surface area contributed by atoms with E-state index in [1.54, 1.807) is 0 Å². The van der Waals surface area contributed by atoms with Crippen LogP contribution in [0.4, 0.5) is 0 Å². The molecule has 2 nitrogen and oxygen atoms in total. The van der Waals surface area contributed by atoms with Crippen LogP contribution in [0.1, 0.15) is 26.7 Å². The van der Waals surface area contributed by atoms with Crippen molar-refractivity contribution >= 4 is 0 Å². The summed E-state index contributed by atoms with van der Waals surface area (Å²) in [6, 6.07) is 0. The third kappa shape index (κ3) is 4.92. The number of hydrogen-bond donors (Lipinski definition) is 1. The van der Waals surface area contributed by atoms with E-state index in [-0.39, 0.29) is 5.54 Å². The van der Waals surface area contributed by atoms with Gasteiger partial charge in [-0.1, -0.05) is 5.92 Å². The number of terminal acetylenes is 1. The van der Waals surface area contributed by atoms with Gasteiger partial charge in [-0.25, -0.2) is 0 Å². The van der Waals surface area contributed by atoms with Gasteiger partial charge in [-0.15, -0.1) is 6.42 Å². The molecule has 0 bridgehead atoms. The Morgan fingerprint density at radius 2 is 2.15 bits per heavy atom. The zero-order valence-electron chi connectivity index (χ0n) is 8.71. The van der Waals surface area contributed by atoms with Crippen LogP contribution in [0.5, 0.6) is 0 Å². The molecular formula is C11H20N2. The third-order valence-corrected chi connectivity index (χ3v) is 2.16. The molecule has 0 atom stereocenters. The van der Waals surface area contributed by atoms with Crippen LogP contribution in [0.15, 0.2) is 0 Å². The van der Waals surface area contributed by atoms with Crippen LogP contribution in [-0.4, -0.2) is 30.1 Å². The Bertz CT molecular complexity index is 193. The molecule has 1 rings (SSSR count). The van der Waals surface area contributed by atoms with Gasteiger partial charge in [0.25, 0.3) is 0 Å². The molecule has 1 fully saturated rings. The fourth-order valence-electron chi connectivity index (χ4n) is 1.56. The molecule has 1 aliphatic rings. The molecule has 0 aromatic heterocycles. The minimum Gasteiger partial charge on any atom is -0.324 e. The SMILES string of the molecule is C#CCN(CC1CC1)CC(C)(C)N. The van der Waals surface area contributed by atoms with Crippen molar-refractivity contribution in [3.05, 3.63) is 0 Å². The molecule has 0 heterocycles. The first-order valence-corrected chi connectivity index (χ1v) is 4.96. The van der Waals surface area contributed by atoms with Crippen LogP contribution in [0.3, 0.4) is 0 Å². The second-order valence-electron chi connectivity index (χ2n) is 4.81. The van der Waals surface area contributed by atoms with Gasteiger partial charge in [0.1, 0.15) is 0 Å². The largest absolute Gasteiger partial charge is 0.324 e. The van der Waals surface area contributed by atoms with E-state index < -0.39 is 0 Å². The monoisotopic (exact) mass is 180 g/mol. The van der Waals surface area contributed by atoms with E-state index in [2.05, 4.69) is 10.8 Å². The molecular weight excluding hydrogens is 160 g/mol. The molecule has 13 heavy (non-hydrogen) atoms. The van der Waals surface area contributed by atoms with Gasteiger partial charge >= 0.3 is 0 Å². The first-order valence-electron chi connectivity index (χ1n) is 4.96. The molecule has 0 unspecified atom stereocenters. The third-order valence-electron chi connectivity index (χ3n) is 2.16. The van der Waals surface area contributed by atoms with Gasteiger partial charge < -0.3 is 5.73 Å². The summed E-state index contributed by atoms with van der Waals surface area (Å²) in [5, 5.41) is 0. The van der Waals surface area contributed by atoms with Gasteiger partial charge in [0.05, 0.1) is 6.54 Å². The summed E-state index contributed by atoms with van der Waals surface area (Å²) < 4.78 is 0. The lowest BCUT2D eigenvalue weighted by atomic mass is 10.1. The Hall–Kier alpha value is -0.520. The molecule has 0 aromatic carbocycles. The quantitative estimate of drug-likeness (QED) is 0.641. The molecule has 0 spiro atoms. The van der Waals surface area contributed by atoms with E-state index in [0.29, 0.717) is 0 Å². The molecule has 0 amide bonds. The van der Waals surface area contributed by atoms with Gasteiger partial charge in [0.15, 0.2) is 0 Å². The lowest BCUT2D eigenvalue weighted by Gasteiger charge is -2.28. The normalized spacial score (nSPS) is 17.5. The predicted octanol–water partition coefficient (Wildman–Crippen LogP) is 1.07. The second-order valence-corrected chi connectivity index (χ2v) is 4.81. The van der Waals surface area contributed by atoms with Crippen molar-refractivity contribution in [1.29, 1.82) is 0 Å². The van der Waals surface area contributed by atoms with Crippen molar-refractivity contribution in [1.82, 2.24) is 4.90 Å². The first kappa shape index (κ1) is 10.6. The summed E-state index contributed by atoms with van der Waals surface area (Å²) in [7, 11) is 0. The van der Waals surface area contributed by atoms with Gasteiger partial charge in [-0.05, 0) is 32.6 Å². The minimum atomic E-state index is -0.133. The van der Waals surface area contributed by atoms with Gasteiger partial charge in [0.2, 0.25) is 0 Å². The van der Waals surface area contributed by atoms with Crippen LogP contribution in [0.25, 0.3) is 0 Å². The van der Waals surface area contributed by atoms with E-state index in [0.717, 1.165) is 25.6 Å². The summed E-state index contributed by atoms with van der Waals surface area (Å²) in [4.78, 5) is 2.29. The first-order chi connectivity index (χ1) is 6.01. The molecule has 0 aromatic rings. The minimum absolute atomic E-state index is 0.133. The maximum atomic E-state index is 5.95. The Balaban J connectivity index is 2.32. The molecule has 1 aliphatic carbocycles. The van der Waals surface area contributed by atoms with E-state index in [1.165, 1.54) is 12.8 Å². The van der Waals surface area contributed by atoms with E-state index in [9.17, 15) is 0 Å². The summed E-state index contributed by atoms with van der Waals surface area (Å²) in [5.74, 6) is 3.58. The van der Waals surface area contributed by atoms with Crippen molar-refractivity contribution < 1.29 is 0 Å². The van der Waals surface area contributed by atoms with Crippen molar-refractivity contribution in [3.63, 3.8) is 0 Å². The zero-order valence-corrected chi connectivity index (χ0v) is 8.71. The molecule has 0 radical (unpaired) electrons. The average molecular weight is 180 g/mol. The van der Waals surface area contributed by atoms with Crippen LogP contribution in [-0.2, 0) is 0 Å². The van der Waals surface area contributed by atoms with E-state index >= 15 is 0 Å². The predicted molar refractivity (Wildman–Crippen MR) is 56.3 cm³/mol. The smallest absolute Gasteiger partial charge is 0.0599 e. The number of rotatable bonds is 5. The number of nitrogens with two attached hydrogens (primary N) is 1. The Morgan fingerprint density at radius 3 is 2.54 bits per heavy atom. The summed E-state index contributed by atoms with van der Waals surface area (Å²) in [5.41, 5.74) is 5.82. The zero-order chi connectivity index (χ0) is 9.90. The van der Waals surface area contributed by atoms with Crippen molar-refractivity contribution in [2.45, 2.75) is 32.2 Å². The maximum absolute atomic E-state index is 5.95. The van der Waals surface area contributed by atoms with Gasteiger partial charge in [-0.3, -0.25) is 4.90 Å². The van der Waals surface area contributed by atoms with Crippen LogP contribution >= 0.6 is 0 Å². The fourth-order valence-corrected chi connectivity index (χ4v) is 1.56. The topological polar surface area (TPSA) is 29.3 Å². The van der Waals surface area contributed by atoms with Crippen LogP contribution < -0.4 is 5.73 Å². The average Bonchev–Trinajstić information content (AvgIpc) is 2.68. The van der Waals surface area contributed by atoms with Crippen LogP contribution in [0.2, 0.25) is 0 Å². The summed E-state index contributed by atoms with van der Waals surface area (Å²) in [6.45, 7) is 6.85. The molecule has 74 valence electrons. The highest BCUT2D eigenvalue weighted by Crippen LogP contribution is 2.29. The lowest BCUT2D eigenvalue weighted by Crippen LogP contribution is -2.46. The van der Waals surface area contributed by atoms with Crippen molar-refractivity contribution in [2.24, 2.45) is 11.7 Å². The van der Waals surface area contributed by atoms with Gasteiger partial charge in [0, 0.05) is 18.6 Å². The number of hydrogen-bond acceptors (Lipinski definition) is 2. The summed E-state index contributed by atoms with van der Waals surface area (Å²) >= 11 is 0. The number of nitrogens with zero attached hydrogens (tertiary/aromatic N) is 1. The summed E-state index contributed by atoms with van der Waals surface area (Å²) in [6.07, 6.45) is 8.05. The van der Waals surface area contributed by atoms with Crippen molar-refractivity contribution in [2.75, 3.05) is 19.6 Å². The molecule has 2 N–H and O–H groups in total. The highest BCUT2D eigenvalue weighted by Gasteiger charge is 2.26. The highest BCUT2D eigenvalue weighted by molar-refractivity contribution is 4.92. The molecule has 0 aliphatic heterocycles. The van der Waals surface area contributed by atoms with Gasteiger partial charge in [-0.2, -0.15) is 0 Å². The molecule has 0 saturated heterocycles. The molecule has 1 saturated carbocycles. The Labute approximate surface area is 81.5 Å². The fraction of sp³-hybridized carbons (Fsp3) is 0.818. The maximum Gasteiger partial charge on any atom is 0.0599 e. The van der Waals surface area contributed by atoms with E-state index in [4.69, 9.17) is 12.2 Å². The highest BCUT2D eigenvalue weighted by atomic mass is 15.1. The molecule has 2 heteroatoms. The van der Waals surface area contributed by atoms with Crippen LogP contribution in [0, 0.1) is 18.3 Å².